The summed E-state index contributed by atoms with van der Waals surface area (Å²) in [6.07, 6.45) is 5.70. The van der Waals surface area contributed by atoms with Crippen LogP contribution in [0.5, 0.6) is 0 Å². The van der Waals surface area contributed by atoms with Crippen molar-refractivity contribution in [3.63, 3.8) is 0 Å². The van der Waals surface area contributed by atoms with E-state index in [4.69, 9.17) is 0 Å². The van der Waals surface area contributed by atoms with Gasteiger partial charge in [0.05, 0.1) is 0 Å². The van der Waals surface area contributed by atoms with Gasteiger partial charge in [-0.1, -0.05) is 42.7 Å². The fourth-order valence-corrected chi connectivity index (χ4v) is 3.78. The predicted octanol–water partition coefficient (Wildman–Crippen LogP) is 3.13. The van der Waals surface area contributed by atoms with E-state index in [1.807, 2.05) is 0 Å². The molecule has 2 aliphatic rings. The van der Waals surface area contributed by atoms with E-state index in [2.05, 4.69) is 41.4 Å². The highest BCUT2D eigenvalue weighted by Gasteiger charge is 2.31. The number of hydrogen-bond acceptors (Lipinski definition) is 2. The lowest BCUT2D eigenvalue weighted by Gasteiger charge is -2.38. The fraction of sp³-hybridized carbons (Fsp3) is 0.647. The predicted molar refractivity (Wildman–Crippen MR) is 80.3 cm³/mol. The first kappa shape index (κ1) is 13.1. The Bertz CT molecular complexity index is 386. The van der Waals surface area contributed by atoms with Crippen LogP contribution >= 0.6 is 0 Å². The molecule has 19 heavy (non-hydrogen) atoms. The van der Waals surface area contributed by atoms with Crippen LogP contribution < -0.4 is 5.32 Å². The van der Waals surface area contributed by atoms with E-state index in [9.17, 15) is 0 Å². The van der Waals surface area contributed by atoms with E-state index in [0.29, 0.717) is 6.04 Å². The van der Waals surface area contributed by atoms with E-state index in [1.54, 1.807) is 5.56 Å². The Kier molecular flexibility index (Phi) is 4.19. The van der Waals surface area contributed by atoms with E-state index < -0.39 is 0 Å². The van der Waals surface area contributed by atoms with Crippen LogP contribution in [0.25, 0.3) is 0 Å². The van der Waals surface area contributed by atoms with Crippen LogP contribution in [-0.4, -0.2) is 31.1 Å². The molecule has 0 amide bonds. The molecule has 1 heterocycles. The summed E-state index contributed by atoms with van der Waals surface area (Å²) in [5, 5.41) is 3.48. The molecule has 2 fully saturated rings. The van der Waals surface area contributed by atoms with Gasteiger partial charge in [-0.05, 0) is 31.2 Å². The third kappa shape index (κ3) is 3.01. The maximum absolute atomic E-state index is 3.48. The molecule has 1 N–H and O–H groups in total. The molecule has 0 aromatic heterocycles. The third-order valence-corrected chi connectivity index (χ3v) is 4.81. The summed E-state index contributed by atoms with van der Waals surface area (Å²) < 4.78 is 0. The second-order valence-corrected chi connectivity index (χ2v) is 6.19. The van der Waals surface area contributed by atoms with Gasteiger partial charge in [-0.2, -0.15) is 0 Å². The van der Waals surface area contributed by atoms with Crippen molar-refractivity contribution >= 4 is 0 Å². The summed E-state index contributed by atoms with van der Waals surface area (Å²) in [7, 11) is 0. The van der Waals surface area contributed by atoms with Crippen LogP contribution in [0.2, 0.25) is 0 Å². The van der Waals surface area contributed by atoms with Crippen molar-refractivity contribution < 1.29 is 0 Å². The molecule has 1 aliphatic carbocycles. The molecule has 104 valence electrons. The Balaban J connectivity index is 1.83. The van der Waals surface area contributed by atoms with Crippen molar-refractivity contribution in [3.05, 3.63) is 35.4 Å². The molecule has 1 saturated carbocycles. The summed E-state index contributed by atoms with van der Waals surface area (Å²) in [5.41, 5.74) is 2.91. The zero-order chi connectivity index (χ0) is 13.1. The van der Waals surface area contributed by atoms with Crippen LogP contribution in [0.4, 0.5) is 0 Å². The van der Waals surface area contributed by atoms with E-state index >= 15 is 0 Å². The normalized spacial score (nSPS) is 23.6. The summed E-state index contributed by atoms with van der Waals surface area (Å²) in [5.74, 6) is 0.876. The summed E-state index contributed by atoms with van der Waals surface area (Å²) >= 11 is 0. The number of benzene rings is 1. The molecule has 1 unspecified atom stereocenters. The number of nitrogens with one attached hydrogen (secondary N) is 1. The summed E-state index contributed by atoms with van der Waals surface area (Å²) in [6.45, 7) is 6.88. The minimum atomic E-state index is 0.658. The van der Waals surface area contributed by atoms with Crippen LogP contribution in [0.15, 0.2) is 24.3 Å². The molecule has 1 aromatic carbocycles. The molecule has 2 nitrogen and oxygen atoms in total. The van der Waals surface area contributed by atoms with Crippen LogP contribution in [0.3, 0.4) is 0 Å². The molecule has 0 radical (unpaired) electrons. The Hall–Kier alpha value is -0.860. The van der Waals surface area contributed by atoms with Crippen molar-refractivity contribution in [2.75, 3.05) is 26.2 Å². The lowest BCUT2D eigenvalue weighted by molar-refractivity contribution is 0.125. The van der Waals surface area contributed by atoms with Crippen LogP contribution in [0, 0.1) is 12.8 Å². The van der Waals surface area contributed by atoms with Crippen molar-refractivity contribution in [1.29, 1.82) is 0 Å². The standard InChI is InChI=1S/C17H26N2/c1-14-6-8-16(9-7-14)17(15-4-2-3-5-15)19-12-10-18-11-13-19/h6-9,15,17-18H,2-5,10-13H2,1H3. The van der Waals surface area contributed by atoms with Gasteiger partial charge < -0.3 is 5.32 Å². The number of aryl methyl sites for hydroxylation is 1. The van der Waals surface area contributed by atoms with Gasteiger partial charge in [-0.3, -0.25) is 4.90 Å². The Morgan fingerprint density at radius 2 is 1.68 bits per heavy atom. The zero-order valence-corrected chi connectivity index (χ0v) is 12.1. The van der Waals surface area contributed by atoms with Gasteiger partial charge in [0, 0.05) is 32.2 Å². The minimum Gasteiger partial charge on any atom is -0.314 e. The molecule has 0 bridgehead atoms. The first-order valence-corrected chi connectivity index (χ1v) is 7.86. The van der Waals surface area contributed by atoms with Crippen molar-refractivity contribution in [3.8, 4) is 0 Å². The van der Waals surface area contributed by atoms with E-state index in [0.717, 1.165) is 19.0 Å². The summed E-state index contributed by atoms with van der Waals surface area (Å²) in [6, 6.07) is 9.94. The minimum absolute atomic E-state index is 0.658. The molecule has 1 aromatic rings. The van der Waals surface area contributed by atoms with Gasteiger partial charge in [0.25, 0.3) is 0 Å². The lowest BCUT2D eigenvalue weighted by atomic mass is 9.89. The first-order chi connectivity index (χ1) is 9.34. The second-order valence-electron chi connectivity index (χ2n) is 6.19. The van der Waals surface area contributed by atoms with Gasteiger partial charge in [-0.15, -0.1) is 0 Å². The highest BCUT2D eigenvalue weighted by atomic mass is 15.2. The van der Waals surface area contributed by atoms with Crippen molar-refractivity contribution in [2.24, 2.45) is 5.92 Å². The molecule has 1 aliphatic heterocycles. The van der Waals surface area contributed by atoms with Crippen LogP contribution in [-0.2, 0) is 0 Å². The molecule has 3 rings (SSSR count). The number of nitrogens with zero attached hydrogens (tertiary/aromatic N) is 1. The topological polar surface area (TPSA) is 15.3 Å². The molecular formula is C17H26N2. The van der Waals surface area contributed by atoms with Crippen LogP contribution in [0.1, 0.15) is 42.9 Å². The molecule has 1 saturated heterocycles. The molecular weight excluding hydrogens is 232 g/mol. The van der Waals surface area contributed by atoms with Gasteiger partial charge in [0.2, 0.25) is 0 Å². The lowest BCUT2D eigenvalue weighted by Crippen LogP contribution is -2.46. The molecule has 2 heteroatoms. The highest BCUT2D eigenvalue weighted by molar-refractivity contribution is 5.25. The van der Waals surface area contributed by atoms with E-state index in [-0.39, 0.29) is 0 Å². The second kappa shape index (κ2) is 6.06. The van der Waals surface area contributed by atoms with Crippen molar-refractivity contribution in [1.82, 2.24) is 10.2 Å². The molecule has 1 atom stereocenters. The average Bonchev–Trinajstić information content (AvgIpc) is 2.96. The molecule has 0 spiro atoms. The quantitative estimate of drug-likeness (QED) is 0.896. The highest BCUT2D eigenvalue weighted by Crippen LogP contribution is 2.39. The smallest absolute Gasteiger partial charge is 0.0377 e. The average molecular weight is 258 g/mol. The van der Waals surface area contributed by atoms with Gasteiger partial charge >= 0.3 is 0 Å². The Labute approximate surface area is 117 Å². The van der Waals surface area contributed by atoms with Gasteiger partial charge in [-0.25, -0.2) is 0 Å². The van der Waals surface area contributed by atoms with Gasteiger partial charge in [0.15, 0.2) is 0 Å². The number of piperazine rings is 1. The van der Waals surface area contributed by atoms with Gasteiger partial charge in [0.1, 0.15) is 0 Å². The Morgan fingerprint density at radius 1 is 1.05 bits per heavy atom. The number of hydrogen-bond donors (Lipinski definition) is 1. The fourth-order valence-electron chi connectivity index (χ4n) is 3.78. The largest absolute Gasteiger partial charge is 0.314 e. The van der Waals surface area contributed by atoms with E-state index in [1.165, 1.54) is 44.3 Å². The number of rotatable bonds is 3. The maximum Gasteiger partial charge on any atom is 0.0377 e. The zero-order valence-electron chi connectivity index (χ0n) is 12.1. The Morgan fingerprint density at radius 3 is 2.32 bits per heavy atom. The first-order valence-electron chi connectivity index (χ1n) is 7.86. The monoisotopic (exact) mass is 258 g/mol. The van der Waals surface area contributed by atoms with Crippen molar-refractivity contribution in [2.45, 2.75) is 38.6 Å². The maximum atomic E-state index is 3.48. The third-order valence-electron chi connectivity index (χ3n) is 4.81. The SMILES string of the molecule is Cc1ccc(C(C2CCCC2)N2CCNCC2)cc1. The summed E-state index contributed by atoms with van der Waals surface area (Å²) in [4.78, 5) is 2.72.